The smallest absolute Gasteiger partial charge is 0.306 e. The minimum Gasteiger partial charge on any atom is -0.466 e. The molecule has 0 aromatic carbocycles. The van der Waals surface area contributed by atoms with Crippen LogP contribution in [0.1, 0.15) is 38.5 Å². The van der Waals surface area contributed by atoms with Gasteiger partial charge in [0.1, 0.15) is 0 Å². The van der Waals surface area contributed by atoms with Crippen molar-refractivity contribution >= 4 is 5.97 Å². The van der Waals surface area contributed by atoms with Gasteiger partial charge in [-0.3, -0.25) is 4.79 Å². The zero-order chi connectivity index (χ0) is 8.39. The lowest BCUT2D eigenvalue weighted by molar-refractivity contribution is -0.150. The summed E-state index contributed by atoms with van der Waals surface area (Å²) in [5, 5.41) is 0. The first-order valence-corrected chi connectivity index (χ1v) is 5.02. The molecule has 0 spiro atoms. The van der Waals surface area contributed by atoms with Gasteiger partial charge in [-0.1, -0.05) is 25.7 Å². The number of hydrogen-bond donors (Lipinski definition) is 0. The highest BCUT2D eigenvalue weighted by Gasteiger charge is 2.29. The monoisotopic (exact) mass is 168 g/mol. The predicted octanol–water partition coefficient (Wildman–Crippen LogP) is 2.13. The largest absolute Gasteiger partial charge is 0.466 e. The van der Waals surface area contributed by atoms with Gasteiger partial charge in [0.15, 0.2) is 0 Å². The lowest BCUT2D eigenvalue weighted by Gasteiger charge is -2.26. The summed E-state index contributed by atoms with van der Waals surface area (Å²) in [5.41, 5.74) is 0. The van der Waals surface area contributed by atoms with Crippen molar-refractivity contribution in [2.24, 2.45) is 11.8 Å². The van der Waals surface area contributed by atoms with Crippen LogP contribution in [0.2, 0.25) is 0 Å². The summed E-state index contributed by atoms with van der Waals surface area (Å²) in [6.45, 7) is 0.667. The number of cyclic esters (lactones) is 1. The summed E-state index contributed by atoms with van der Waals surface area (Å²) in [4.78, 5) is 11.0. The van der Waals surface area contributed by atoms with Gasteiger partial charge in [-0.25, -0.2) is 0 Å². The molecule has 0 N–H and O–H groups in total. The van der Waals surface area contributed by atoms with Crippen LogP contribution in [0.25, 0.3) is 0 Å². The molecular weight excluding hydrogens is 152 g/mol. The molecule has 2 aliphatic rings. The minimum atomic E-state index is 0.0261. The number of carbonyl (C=O) groups excluding carboxylic acids is 1. The van der Waals surface area contributed by atoms with E-state index in [1.165, 1.54) is 25.7 Å². The van der Waals surface area contributed by atoms with Crippen LogP contribution in [0, 0.1) is 11.8 Å². The molecule has 2 nitrogen and oxygen atoms in total. The average Bonchev–Trinajstić information content (AvgIpc) is 2.56. The van der Waals surface area contributed by atoms with Crippen LogP contribution >= 0.6 is 0 Å². The molecule has 12 heavy (non-hydrogen) atoms. The topological polar surface area (TPSA) is 26.3 Å². The second-order valence-electron chi connectivity index (χ2n) is 4.02. The maximum atomic E-state index is 11.0. The summed E-state index contributed by atoms with van der Waals surface area (Å²) in [5.74, 6) is 1.50. The Morgan fingerprint density at radius 2 is 1.83 bits per heavy atom. The number of rotatable bonds is 1. The van der Waals surface area contributed by atoms with E-state index in [-0.39, 0.29) is 5.97 Å². The number of esters is 1. The molecule has 1 atom stereocenters. The Balaban J connectivity index is 1.89. The van der Waals surface area contributed by atoms with E-state index in [1.54, 1.807) is 0 Å². The summed E-state index contributed by atoms with van der Waals surface area (Å²) < 4.78 is 4.93. The van der Waals surface area contributed by atoms with Gasteiger partial charge < -0.3 is 4.74 Å². The lowest BCUT2D eigenvalue weighted by Crippen LogP contribution is -2.25. The molecule has 1 saturated heterocycles. The maximum Gasteiger partial charge on any atom is 0.306 e. The van der Waals surface area contributed by atoms with Crippen molar-refractivity contribution in [1.82, 2.24) is 0 Å². The van der Waals surface area contributed by atoms with Gasteiger partial charge in [0, 0.05) is 6.42 Å². The Morgan fingerprint density at radius 1 is 1.08 bits per heavy atom. The highest BCUT2D eigenvalue weighted by Crippen LogP contribution is 2.36. The van der Waals surface area contributed by atoms with E-state index in [2.05, 4.69) is 0 Å². The fourth-order valence-electron chi connectivity index (χ4n) is 2.53. The molecule has 68 valence electrons. The fourth-order valence-corrected chi connectivity index (χ4v) is 2.53. The van der Waals surface area contributed by atoms with E-state index in [0.717, 1.165) is 12.3 Å². The van der Waals surface area contributed by atoms with Crippen LogP contribution in [0.4, 0.5) is 0 Å². The fraction of sp³-hybridized carbons (Fsp3) is 0.900. The molecule has 2 fully saturated rings. The van der Waals surface area contributed by atoms with E-state index in [4.69, 9.17) is 4.74 Å². The van der Waals surface area contributed by atoms with Crippen molar-refractivity contribution in [3.05, 3.63) is 0 Å². The standard InChI is InChI=1S/C10H16O2/c11-10-7-9(5-6-12-10)8-3-1-2-4-8/h8-9H,1-7H2. The summed E-state index contributed by atoms with van der Waals surface area (Å²) in [7, 11) is 0. The Morgan fingerprint density at radius 3 is 2.50 bits per heavy atom. The molecule has 0 bridgehead atoms. The summed E-state index contributed by atoms with van der Waals surface area (Å²) in [6, 6.07) is 0. The van der Waals surface area contributed by atoms with Gasteiger partial charge in [0.2, 0.25) is 0 Å². The first-order valence-electron chi connectivity index (χ1n) is 5.02. The molecule has 0 aromatic rings. The third-order valence-corrected chi connectivity index (χ3v) is 3.25. The Kier molecular flexibility index (Phi) is 2.33. The van der Waals surface area contributed by atoms with Crippen LogP contribution in [0.15, 0.2) is 0 Å². The van der Waals surface area contributed by atoms with Crippen molar-refractivity contribution in [3.63, 3.8) is 0 Å². The van der Waals surface area contributed by atoms with Crippen LogP contribution in [-0.2, 0) is 9.53 Å². The van der Waals surface area contributed by atoms with Crippen molar-refractivity contribution in [1.29, 1.82) is 0 Å². The molecule has 1 heterocycles. The highest BCUT2D eigenvalue weighted by molar-refractivity contribution is 5.70. The van der Waals surface area contributed by atoms with E-state index in [0.29, 0.717) is 18.9 Å². The van der Waals surface area contributed by atoms with Gasteiger partial charge >= 0.3 is 5.97 Å². The van der Waals surface area contributed by atoms with E-state index in [1.807, 2.05) is 0 Å². The third kappa shape index (κ3) is 1.62. The first kappa shape index (κ1) is 8.09. The van der Waals surface area contributed by atoms with Crippen molar-refractivity contribution in [2.75, 3.05) is 6.61 Å². The maximum absolute atomic E-state index is 11.0. The molecule has 1 saturated carbocycles. The number of carbonyl (C=O) groups is 1. The quantitative estimate of drug-likeness (QED) is 0.561. The van der Waals surface area contributed by atoms with E-state index >= 15 is 0 Å². The van der Waals surface area contributed by atoms with Crippen LogP contribution in [0.5, 0.6) is 0 Å². The second kappa shape index (κ2) is 3.46. The number of hydrogen-bond acceptors (Lipinski definition) is 2. The Bertz CT molecular complexity index is 171. The molecular formula is C10H16O2. The first-order chi connectivity index (χ1) is 5.86. The molecule has 1 aliphatic heterocycles. The normalized spacial score (nSPS) is 32.0. The third-order valence-electron chi connectivity index (χ3n) is 3.25. The zero-order valence-corrected chi connectivity index (χ0v) is 7.42. The van der Waals surface area contributed by atoms with Gasteiger partial charge in [0.25, 0.3) is 0 Å². The average molecular weight is 168 g/mol. The van der Waals surface area contributed by atoms with Gasteiger partial charge in [-0.2, -0.15) is 0 Å². The Hall–Kier alpha value is -0.530. The molecule has 0 radical (unpaired) electrons. The van der Waals surface area contributed by atoms with Gasteiger partial charge in [-0.05, 0) is 18.3 Å². The SMILES string of the molecule is O=C1CC(C2CCCC2)CCO1. The summed E-state index contributed by atoms with van der Waals surface area (Å²) >= 11 is 0. The molecule has 2 heteroatoms. The second-order valence-corrected chi connectivity index (χ2v) is 4.02. The number of ether oxygens (including phenoxy) is 1. The van der Waals surface area contributed by atoms with Crippen molar-refractivity contribution in [3.8, 4) is 0 Å². The Labute approximate surface area is 73.3 Å². The van der Waals surface area contributed by atoms with Gasteiger partial charge in [0.05, 0.1) is 6.61 Å². The zero-order valence-electron chi connectivity index (χ0n) is 7.42. The van der Waals surface area contributed by atoms with Crippen LogP contribution in [0.3, 0.4) is 0 Å². The predicted molar refractivity (Wildman–Crippen MR) is 45.6 cm³/mol. The van der Waals surface area contributed by atoms with Crippen LogP contribution < -0.4 is 0 Å². The highest BCUT2D eigenvalue weighted by atomic mass is 16.5. The molecule has 1 unspecified atom stereocenters. The van der Waals surface area contributed by atoms with Crippen molar-refractivity contribution < 1.29 is 9.53 Å². The molecule has 0 amide bonds. The summed E-state index contributed by atoms with van der Waals surface area (Å²) in [6.07, 6.45) is 7.23. The van der Waals surface area contributed by atoms with Crippen LogP contribution in [-0.4, -0.2) is 12.6 Å². The van der Waals surface area contributed by atoms with E-state index < -0.39 is 0 Å². The molecule has 2 rings (SSSR count). The minimum absolute atomic E-state index is 0.0261. The molecule has 0 aromatic heterocycles. The van der Waals surface area contributed by atoms with Crippen molar-refractivity contribution in [2.45, 2.75) is 38.5 Å². The van der Waals surface area contributed by atoms with Gasteiger partial charge in [-0.15, -0.1) is 0 Å². The molecule has 1 aliphatic carbocycles. The van der Waals surface area contributed by atoms with E-state index in [9.17, 15) is 4.79 Å². The lowest BCUT2D eigenvalue weighted by atomic mass is 9.85.